The molecule has 1 N–H and O–H groups in total. The van der Waals surface area contributed by atoms with E-state index in [9.17, 15) is 9.90 Å². The summed E-state index contributed by atoms with van der Waals surface area (Å²) in [5.41, 5.74) is 2.52. The number of carbonyl (C=O) groups is 1. The first-order valence-electron chi connectivity index (χ1n) is 11.9. The van der Waals surface area contributed by atoms with Crippen molar-refractivity contribution in [1.82, 2.24) is 0 Å². The van der Waals surface area contributed by atoms with E-state index in [0.717, 1.165) is 35.1 Å². The minimum absolute atomic E-state index is 0.391. The van der Waals surface area contributed by atoms with Crippen LogP contribution in [0.1, 0.15) is 79.5 Å². The van der Waals surface area contributed by atoms with Crippen molar-refractivity contribution in [3.8, 4) is 11.5 Å². The predicted molar refractivity (Wildman–Crippen MR) is 132 cm³/mol. The molecule has 2 aliphatic rings. The largest absolute Gasteiger partial charge is 0.481 e. The lowest BCUT2D eigenvalue weighted by Crippen LogP contribution is -2.43. The molecule has 0 spiro atoms. The molecular weight excluding hydrogens is 432 g/mol. The van der Waals surface area contributed by atoms with Gasteiger partial charge in [-0.1, -0.05) is 86.3 Å². The summed E-state index contributed by atoms with van der Waals surface area (Å²) in [5.74, 6) is 0.654. The normalized spacial score (nSPS) is 18.0. The number of carboxylic acids is 1. The zero-order chi connectivity index (χ0) is 23.0. The highest BCUT2D eigenvalue weighted by atomic mass is 35.5. The third kappa shape index (κ3) is 3.63. The topological polar surface area (TPSA) is 46.5 Å². The number of benzene rings is 3. The van der Waals surface area contributed by atoms with Gasteiger partial charge in [-0.05, 0) is 54.5 Å². The molecule has 33 heavy (non-hydrogen) atoms. The van der Waals surface area contributed by atoms with Gasteiger partial charge in [-0.3, -0.25) is 4.79 Å². The van der Waals surface area contributed by atoms with E-state index in [1.165, 1.54) is 19.3 Å². The molecule has 4 heteroatoms. The van der Waals surface area contributed by atoms with Gasteiger partial charge >= 0.3 is 5.97 Å². The standard InChI is InChI=1S/C29H29ClO3/c1-2-29(28(31)32,20-16-17-21(24(30)18-20)19-10-4-3-5-11-19)27-22-12-6-8-14-25(22)33-26-15-9-7-13-23(26)27/h6-9,12-19,27H,2-5,10-11H2,1H3,(H,31,32). The first-order chi connectivity index (χ1) is 16.1. The molecule has 0 radical (unpaired) electrons. The summed E-state index contributed by atoms with van der Waals surface area (Å²) in [4.78, 5) is 13.2. The fourth-order valence-corrected chi connectivity index (χ4v) is 6.30. The Morgan fingerprint density at radius 3 is 2.09 bits per heavy atom. The van der Waals surface area contributed by atoms with Crippen LogP contribution in [0.2, 0.25) is 5.02 Å². The van der Waals surface area contributed by atoms with Crippen LogP contribution in [0.15, 0.2) is 66.7 Å². The molecule has 1 unspecified atom stereocenters. The minimum Gasteiger partial charge on any atom is -0.481 e. The molecule has 0 saturated heterocycles. The average molecular weight is 461 g/mol. The minimum atomic E-state index is -1.18. The van der Waals surface area contributed by atoms with Crippen molar-refractivity contribution < 1.29 is 14.6 Å². The third-order valence-electron chi connectivity index (χ3n) is 7.67. The molecule has 5 rings (SSSR count). The highest BCUT2D eigenvalue weighted by Crippen LogP contribution is 2.55. The van der Waals surface area contributed by atoms with Gasteiger partial charge in [0.05, 0.1) is 0 Å². The molecule has 1 saturated carbocycles. The van der Waals surface area contributed by atoms with Crippen LogP contribution in [0.25, 0.3) is 0 Å². The lowest BCUT2D eigenvalue weighted by Gasteiger charge is -2.41. The van der Waals surface area contributed by atoms with Crippen molar-refractivity contribution in [2.45, 2.75) is 62.7 Å². The second-order valence-corrected chi connectivity index (χ2v) is 9.72. The van der Waals surface area contributed by atoms with Gasteiger partial charge in [-0.2, -0.15) is 0 Å². The van der Waals surface area contributed by atoms with E-state index in [-0.39, 0.29) is 0 Å². The second kappa shape index (κ2) is 8.87. The highest BCUT2D eigenvalue weighted by molar-refractivity contribution is 6.31. The number of ether oxygens (including phenoxy) is 1. The van der Waals surface area contributed by atoms with Crippen molar-refractivity contribution in [2.75, 3.05) is 0 Å². The summed E-state index contributed by atoms with van der Waals surface area (Å²) in [6.07, 6.45) is 6.47. The van der Waals surface area contributed by atoms with E-state index in [2.05, 4.69) is 6.07 Å². The van der Waals surface area contributed by atoms with Gasteiger partial charge < -0.3 is 9.84 Å². The predicted octanol–water partition coefficient (Wildman–Crippen LogP) is 8.06. The highest BCUT2D eigenvalue weighted by Gasteiger charge is 2.50. The van der Waals surface area contributed by atoms with Gasteiger partial charge in [0.15, 0.2) is 0 Å². The molecule has 1 aliphatic carbocycles. The van der Waals surface area contributed by atoms with Crippen molar-refractivity contribution in [3.63, 3.8) is 0 Å². The Kier molecular flexibility index (Phi) is 5.92. The van der Waals surface area contributed by atoms with Crippen molar-refractivity contribution >= 4 is 17.6 Å². The lowest BCUT2D eigenvalue weighted by atomic mass is 9.62. The molecule has 0 amide bonds. The summed E-state index contributed by atoms with van der Waals surface area (Å²) < 4.78 is 6.17. The van der Waals surface area contributed by atoms with Crippen LogP contribution in [0.4, 0.5) is 0 Å². The summed E-state index contributed by atoms with van der Waals surface area (Å²) >= 11 is 6.85. The molecule has 0 aromatic heterocycles. The van der Waals surface area contributed by atoms with Gasteiger partial charge in [-0.15, -0.1) is 0 Å². The number of hydrogen-bond donors (Lipinski definition) is 1. The third-order valence-corrected chi connectivity index (χ3v) is 8.00. The van der Waals surface area contributed by atoms with Crippen molar-refractivity contribution in [2.24, 2.45) is 0 Å². The zero-order valence-corrected chi connectivity index (χ0v) is 19.6. The summed E-state index contributed by atoms with van der Waals surface area (Å²) in [6.45, 7) is 1.96. The monoisotopic (exact) mass is 460 g/mol. The fourth-order valence-electron chi connectivity index (χ4n) is 5.96. The van der Waals surface area contributed by atoms with E-state index in [1.54, 1.807) is 0 Å². The van der Waals surface area contributed by atoms with Crippen molar-refractivity contribution in [3.05, 3.63) is 94.0 Å². The van der Waals surface area contributed by atoms with E-state index in [4.69, 9.17) is 16.3 Å². The van der Waals surface area contributed by atoms with Crippen LogP contribution in [0.5, 0.6) is 11.5 Å². The maximum atomic E-state index is 13.2. The zero-order valence-electron chi connectivity index (χ0n) is 18.9. The van der Waals surface area contributed by atoms with E-state index < -0.39 is 17.3 Å². The fraction of sp³-hybridized carbons (Fsp3) is 0.345. The quantitative estimate of drug-likeness (QED) is 0.418. The van der Waals surface area contributed by atoms with Crippen LogP contribution in [-0.4, -0.2) is 11.1 Å². The first-order valence-corrected chi connectivity index (χ1v) is 12.3. The van der Waals surface area contributed by atoms with Gasteiger partial charge in [0.1, 0.15) is 16.9 Å². The Bertz CT molecular complexity index is 1140. The maximum Gasteiger partial charge on any atom is 0.315 e. The molecule has 3 nitrogen and oxygen atoms in total. The molecule has 0 bridgehead atoms. The van der Waals surface area contributed by atoms with Gasteiger partial charge in [-0.25, -0.2) is 0 Å². The van der Waals surface area contributed by atoms with E-state index in [0.29, 0.717) is 28.9 Å². The summed E-state index contributed by atoms with van der Waals surface area (Å²) in [7, 11) is 0. The van der Waals surface area contributed by atoms with E-state index >= 15 is 0 Å². The Hall–Kier alpha value is -2.78. The molecular formula is C29H29ClO3. The Balaban J connectivity index is 1.69. The number of carboxylic acid groups (broad SMARTS) is 1. The lowest BCUT2D eigenvalue weighted by molar-refractivity contribution is -0.144. The number of hydrogen-bond acceptors (Lipinski definition) is 2. The van der Waals surface area contributed by atoms with Gasteiger partial charge in [0, 0.05) is 22.1 Å². The second-order valence-electron chi connectivity index (χ2n) is 9.31. The maximum absolute atomic E-state index is 13.2. The molecule has 3 aromatic carbocycles. The molecule has 1 heterocycles. The van der Waals surface area contributed by atoms with Gasteiger partial charge in [0.25, 0.3) is 0 Å². The van der Waals surface area contributed by atoms with Gasteiger partial charge in [0.2, 0.25) is 0 Å². The molecule has 1 atom stereocenters. The van der Waals surface area contributed by atoms with Crippen LogP contribution < -0.4 is 4.74 Å². The Morgan fingerprint density at radius 1 is 0.939 bits per heavy atom. The Labute approximate surface area is 200 Å². The van der Waals surface area contributed by atoms with Crippen molar-refractivity contribution in [1.29, 1.82) is 0 Å². The average Bonchev–Trinajstić information content (AvgIpc) is 2.84. The van der Waals surface area contributed by atoms with E-state index in [1.807, 2.05) is 67.6 Å². The number of halogens is 1. The van der Waals surface area contributed by atoms with Crippen LogP contribution in [0, 0.1) is 0 Å². The Morgan fingerprint density at radius 2 is 1.55 bits per heavy atom. The molecule has 170 valence electrons. The van der Waals surface area contributed by atoms with Crippen LogP contribution in [-0.2, 0) is 10.2 Å². The molecule has 1 aliphatic heterocycles. The number of fused-ring (bicyclic) bond motifs is 2. The number of aliphatic carboxylic acids is 1. The van der Waals surface area contributed by atoms with Crippen LogP contribution >= 0.6 is 11.6 Å². The SMILES string of the molecule is CCC(C(=O)O)(c1ccc(C2CCCCC2)c(Cl)c1)C1c2ccccc2Oc2ccccc21. The molecule has 3 aromatic rings. The number of rotatable bonds is 5. The number of para-hydroxylation sites is 2. The summed E-state index contributed by atoms with van der Waals surface area (Å²) in [6, 6.07) is 21.6. The first kappa shape index (κ1) is 22.0. The summed E-state index contributed by atoms with van der Waals surface area (Å²) in [5, 5.41) is 11.5. The van der Waals surface area contributed by atoms with Crippen LogP contribution in [0.3, 0.4) is 0 Å². The molecule has 1 fully saturated rings. The smallest absolute Gasteiger partial charge is 0.315 e.